The Morgan fingerprint density at radius 3 is 2.73 bits per heavy atom. The van der Waals surface area contributed by atoms with E-state index in [4.69, 9.17) is 10.8 Å². The average molecular weight is 194 g/mol. The molecule has 0 saturated carbocycles. The molecule has 1 rings (SSSR count). The highest BCUT2D eigenvalue weighted by Gasteiger charge is 2.08. The predicted octanol–water partition coefficient (Wildman–Crippen LogP) is 1.33. The van der Waals surface area contributed by atoms with Gasteiger partial charge in [0, 0.05) is 6.54 Å². The van der Waals surface area contributed by atoms with E-state index in [1.165, 1.54) is 11.3 Å². The largest absolute Gasteiger partial charge is 0.477 e. The summed E-state index contributed by atoms with van der Waals surface area (Å²) in [5.74, 6) is -0.893. The van der Waals surface area contributed by atoms with E-state index in [1.54, 1.807) is 11.4 Å². The maximum Gasteiger partial charge on any atom is 0.346 e. The monoisotopic (exact) mass is 193 g/mol. The standard InChI is InChI=1S/C6H7NO2S.ClH/c7-3-4-1-2-10-5(4)6(8)9;/h1-2H,3,7H2,(H,8,9);1H. The number of aromatic carboxylic acids is 1. The molecule has 0 fully saturated rings. The van der Waals surface area contributed by atoms with Gasteiger partial charge in [-0.05, 0) is 17.0 Å². The van der Waals surface area contributed by atoms with Crippen LogP contribution in [0.3, 0.4) is 0 Å². The minimum absolute atomic E-state index is 0. The third kappa shape index (κ3) is 2.18. The second-order valence-electron chi connectivity index (χ2n) is 1.78. The van der Waals surface area contributed by atoms with Gasteiger partial charge in [-0.1, -0.05) is 0 Å². The van der Waals surface area contributed by atoms with E-state index >= 15 is 0 Å². The molecule has 0 aliphatic heterocycles. The molecule has 0 bridgehead atoms. The van der Waals surface area contributed by atoms with Crippen molar-refractivity contribution in [2.24, 2.45) is 5.73 Å². The summed E-state index contributed by atoms with van der Waals surface area (Å²) >= 11 is 1.20. The van der Waals surface area contributed by atoms with Crippen LogP contribution in [0.5, 0.6) is 0 Å². The van der Waals surface area contributed by atoms with Crippen LogP contribution in [0, 0.1) is 0 Å². The van der Waals surface area contributed by atoms with Crippen LogP contribution in [0.1, 0.15) is 15.2 Å². The number of hydrogen-bond donors (Lipinski definition) is 2. The van der Waals surface area contributed by atoms with Crippen LogP contribution in [0.15, 0.2) is 11.4 Å². The molecule has 0 radical (unpaired) electrons. The molecule has 0 spiro atoms. The first kappa shape index (κ1) is 10.4. The quantitative estimate of drug-likeness (QED) is 0.745. The zero-order valence-corrected chi connectivity index (χ0v) is 7.24. The molecule has 0 unspecified atom stereocenters. The first-order valence-electron chi connectivity index (χ1n) is 2.75. The molecule has 1 heterocycles. The third-order valence-corrected chi connectivity index (χ3v) is 2.11. The maximum atomic E-state index is 10.4. The highest BCUT2D eigenvalue weighted by atomic mass is 35.5. The molecule has 0 saturated heterocycles. The van der Waals surface area contributed by atoms with Crippen LogP contribution in [0.4, 0.5) is 0 Å². The second kappa shape index (κ2) is 4.33. The summed E-state index contributed by atoms with van der Waals surface area (Å²) < 4.78 is 0. The number of halogens is 1. The first-order valence-corrected chi connectivity index (χ1v) is 3.63. The maximum absolute atomic E-state index is 10.4. The van der Waals surface area contributed by atoms with Crippen LogP contribution in [-0.2, 0) is 6.54 Å². The van der Waals surface area contributed by atoms with Crippen molar-refractivity contribution in [1.82, 2.24) is 0 Å². The lowest BCUT2D eigenvalue weighted by Gasteiger charge is -1.91. The molecule has 0 amide bonds. The molecule has 62 valence electrons. The summed E-state index contributed by atoms with van der Waals surface area (Å²) in [5.41, 5.74) is 5.98. The van der Waals surface area contributed by atoms with Crippen LogP contribution in [-0.4, -0.2) is 11.1 Å². The van der Waals surface area contributed by atoms with Crippen molar-refractivity contribution in [2.75, 3.05) is 0 Å². The number of carboxylic acids is 1. The highest BCUT2D eigenvalue weighted by Crippen LogP contribution is 2.15. The van der Waals surface area contributed by atoms with Crippen LogP contribution in [0.2, 0.25) is 0 Å². The fourth-order valence-electron chi connectivity index (χ4n) is 0.684. The Kier molecular flexibility index (Phi) is 4.10. The molecular weight excluding hydrogens is 186 g/mol. The minimum atomic E-state index is -0.893. The third-order valence-electron chi connectivity index (χ3n) is 1.16. The van der Waals surface area contributed by atoms with Gasteiger partial charge in [0.05, 0.1) is 0 Å². The molecule has 1 aromatic rings. The van der Waals surface area contributed by atoms with Crippen molar-refractivity contribution in [3.63, 3.8) is 0 Å². The van der Waals surface area contributed by atoms with Crippen LogP contribution >= 0.6 is 23.7 Å². The lowest BCUT2D eigenvalue weighted by Crippen LogP contribution is -2.02. The van der Waals surface area contributed by atoms with E-state index in [0.29, 0.717) is 17.0 Å². The van der Waals surface area contributed by atoms with Gasteiger partial charge in [0.2, 0.25) is 0 Å². The van der Waals surface area contributed by atoms with Gasteiger partial charge >= 0.3 is 5.97 Å². The summed E-state index contributed by atoms with van der Waals surface area (Å²) in [6, 6.07) is 1.73. The minimum Gasteiger partial charge on any atom is -0.477 e. The Morgan fingerprint density at radius 2 is 2.36 bits per heavy atom. The first-order chi connectivity index (χ1) is 4.75. The van der Waals surface area contributed by atoms with E-state index in [-0.39, 0.29) is 12.4 Å². The van der Waals surface area contributed by atoms with Crippen LogP contribution < -0.4 is 5.73 Å². The smallest absolute Gasteiger partial charge is 0.346 e. The molecule has 1 aromatic heterocycles. The highest BCUT2D eigenvalue weighted by molar-refractivity contribution is 7.12. The number of nitrogens with two attached hydrogens (primary N) is 1. The lowest BCUT2D eigenvalue weighted by atomic mass is 10.2. The van der Waals surface area contributed by atoms with E-state index in [9.17, 15) is 4.79 Å². The molecule has 3 nitrogen and oxygen atoms in total. The number of carboxylic acid groups (broad SMARTS) is 1. The van der Waals surface area contributed by atoms with Gasteiger partial charge in [0.15, 0.2) is 0 Å². The topological polar surface area (TPSA) is 63.3 Å². The Labute approximate surface area is 74.3 Å². The molecule has 0 aliphatic rings. The summed E-state index contributed by atoms with van der Waals surface area (Å²) in [6.07, 6.45) is 0. The number of hydrogen-bond acceptors (Lipinski definition) is 3. The van der Waals surface area contributed by atoms with Gasteiger partial charge in [-0.25, -0.2) is 4.79 Å². The van der Waals surface area contributed by atoms with Gasteiger partial charge in [-0.3, -0.25) is 0 Å². The van der Waals surface area contributed by atoms with Gasteiger partial charge < -0.3 is 10.8 Å². The molecule has 0 atom stereocenters. The lowest BCUT2D eigenvalue weighted by molar-refractivity contribution is 0.0701. The van der Waals surface area contributed by atoms with Crippen molar-refractivity contribution in [3.8, 4) is 0 Å². The van der Waals surface area contributed by atoms with Crippen molar-refractivity contribution in [1.29, 1.82) is 0 Å². The number of rotatable bonds is 2. The van der Waals surface area contributed by atoms with Gasteiger partial charge in [0.25, 0.3) is 0 Å². The summed E-state index contributed by atoms with van der Waals surface area (Å²) in [5, 5.41) is 10.3. The zero-order chi connectivity index (χ0) is 7.56. The van der Waals surface area contributed by atoms with E-state index in [0.717, 1.165) is 0 Å². The Morgan fingerprint density at radius 1 is 1.73 bits per heavy atom. The van der Waals surface area contributed by atoms with Crippen molar-refractivity contribution < 1.29 is 9.90 Å². The molecule has 3 N–H and O–H groups in total. The predicted molar refractivity (Wildman–Crippen MR) is 46.4 cm³/mol. The van der Waals surface area contributed by atoms with E-state index in [2.05, 4.69) is 0 Å². The SMILES string of the molecule is Cl.NCc1ccsc1C(=O)O. The fraction of sp³-hybridized carbons (Fsp3) is 0.167. The fourth-order valence-corrected chi connectivity index (χ4v) is 1.46. The van der Waals surface area contributed by atoms with Gasteiger partial charge in [-0.15, -0.1) is 23.7 Å². The molecule has 5 heteroatoms. The second-order valence-corrected chi connectivity index (χ2v) is 2.70. The van der Waals surface area contributed by atoms with E-state index < -0.39 is 5.97 Å². The van der Waals surface area contributed by atoms with Crippen molar-refractivity contribution in [2.45, 2.75) is 6.54 Å². The molecular formula is C6H8ClNO2S. The van der Waals surface area contributed by atoms with Crippen molar-refractivity contribution >= 4 is 29.7 Å². The molecule has 11 heavy (non-hydrogen) atoms. The summed E-state index contributed by atoms with van der Waals surface area (Å²) in [4.78, 5) is 10.7. The van der Waals surface area contributed by atoms with E-state index in [1.807, 2.05) is 0 Å². The molecule has 0 aliphatic carbocycles. The van der Waals surface area contributed by atoms with Crippen LogP contribution in [0.25, 0.3) is 0 Å². The molecule has 0 aromatic carbocycles. The average Bonchev–Trinajstić information content (AvgIpc) is 2.33. The van der Waals surface area contributed by atoms with Crippen molar-refractivity contribution in [3.05, 3.63) is 21.9 Å². The Bertz CT molecular complexity index is 248. The van der Waals surface area contributed by atoms with Gasteiger partial charge in [0.1, 0.15) is 4.88 Å². The number of thiophene rings is 1. The Hall–Kier alpha value is -0.580. The van der Waals surface area contributed by atoms with Gasteiger partial charge in [-0.2, -0.15) is 0 Å². The number of carbonyl (C=O) groups is 1. The zero-order valence-electron chi connectivity index (χ0n) is 5.61. The summed E-state index contributed by atoms with van der Waals surface area (Å²) in [7, 11) is 0. The Balaban J connectivity index is 0.000001000. The summed E-state index contributed by atoms with van der Waals surface area (Å²) in [6.45, 7) is 0.297. The normalized spacial score (nSPS) is 8.82.